The van der Waals surface area contributed by atoms with Crippen molar-refractivity contribution in [2.75, 3.05) is 0 Å². The van der Waals surface area contributed by atoms with E-state index in [1.165, 1.54) is 48.8 Å². The zero-order valence-corrected chi connectivity index (χ0v) is 31.1. The molecule has 3 heterocycles. The molecule has 0 bridgehead atoms. The number of benzene rings is 8. The van der Waals surface area contributed by atoms with Gasteiger partial charge in [0.1, 0.15) is 0 Å². The molecule has 0 unspecified atom stereocenters. The van der Waals surface area contributed by atoms with Crippen LogP contribution >= 0.6 is 11.3 Å². The zero-order valence-electron chi connectivity index (χ0n) is 30.3. The van der Waals surface area contributed by atoms with E-state index < -0.39 is 0 Å². The highest BCUT2D eigenvalue weighted by Gasteiger charge is 2.19. The average Bonchev–Trinajstić information content (AvgIpc) is 3.83. The second-order valence-corrected chi connectivity index (χ2v) is 15.2. The first-order valence-electron chi connectivity index (χ1n) is 18.9. The van der Waals surface area contributed by atoms with Gasteiger partial charge < -0.3 is 4.57 Å². The van der Waals surface area contributed by atoms with E-state index in [4.69, 9.17) is 9.97 Å². The van der Waals surface area contributed by atoms with E-state index in [0.29, 0.717) is 0 Å². The average molecular weight is 732 g/mol. The minimum Gasteiger partial charge on any atom is -0.309 e. The lowest BCUT2D eigenvalue weighted by molar-refractivity contribution is 1.18. The zero-order chi connectivity index (χ0) is 37.0. The van der Waals surface area contributed by atoms with Crippen molar-refractivity contribution < 1.29 is 0 Å². The first-order chi connectivity index (χ1) is 27.8. The largest absolute Gasteiger partial charge is 0.309 e. The second-order valence-electron chi connectivity index (χ2n) is 14.2. The van der Waals surface area contributed by atoms with Crippen molar-refractivity contribution in [1.82, 2.24) is 14.5 Å². The van der Waals surface area contributed by atoms with Gasteiger partial charge in [0.2, 0.25) is 0 Å². The van der Waals surface area contributed by atoms with Gasteiger partial charge in [0.15, 0.2) is 5.82 Å². The maximum Gasteiger partial charge on any atom is 0.160 e. The van der Waals surface area contributed by atoms with Gasteiger partial charge >= 0.3 is 0 Å². The summed E-state index contributed by atoms with van der Waals surface area (Å²) in [5.74, 6) is 0.729. The minimum atomic E-state index is 0.729. The van der Waals surface area contributed by atoms with E-state index in [1.54, 1.807) is 11.3 Å². The highest BCUT2D eigenvalue weighted by molar-refractivity contribution is 7.26. The molecule has 0 N–H and O–H groups in total. The Morgan fingerprint density at radius 1 is 0.393 bits per heavy atom. The Labute approximate surface area is 328 Å². The minimum absolute atomic E-state index is 0.729. The molecule has 11 aromatic rings. The van der Waals surface area contributed by atoms with Crippen molar-refractivity contribution in [2.24, 2.45) is 0 Å². The summed E-state index contributed by atoms with van der Waals surface area (Å²) in [6.07, 6.45) is 0. The summed E-state index contributed by atoms with van der Waals surface area (Å²) in [5, 5.41) is 3.65. The number of para-hydroxylation sites is 1. The van der Waals surface area contributed by atoms with Crippen molar-refractivity contribution in [2.45, 2.75) is 0 Å². The van der Waals surface area contributed by atoms with Crippen molar-refractivity contribution in [1.29, 1.82) is 0 Å². The van der Waals surface area contributed by atoms with Gasteiger partial charge in [0, 0.05) is 37.7 Å². The van der Waals surface area contributed by atoms with Gasteiger partial charge in [0.05, 0.1) is 26.9 Å². The highest BCUT2D eigenvalue weighted by atomic mass is 32.1. The molecule has 0 fully saturated rings. The fourth-order valence-corrected chi connectivity index (χ4v) is 9.36. The molecule has 0 atom stereocenters. The predicted octanol–water partition coefficient (Wildman–Crippen LogP) is 14.3. The molecular weight excluding hydrogens is 699 g/mol. The summed E-state index contributed by atoms with van der Waals surface area (Å²) in [6, 6.07) is 71.5. The first kappa shape index (κ1) is 32.3. The number of aromatic nitrogens is 3. The smallest absolute Gasteiger partial charge is 0.160 e. The van der Waals surface area contributed by atoms with E-state index >= 15 is 0 Å². The van der Waals surface area contributed by atoms with Crippen molar-refractivity contribution in [3.8, 4) is 61.7 Å². The van der Waals surface area contributed by atoms with E-state index in [2.05, 4.69) is 205 Å². The monoisotopic (exact) mass is 731 g/mol. The molecule has 0 spiro atoms. The summed E-state index contributed by atoms with van der Waals surface area (Å²) < 4.78 is 4.74. The van der Waals surface area contributed by atoms with Crippen molar-refractivity contribution in [3.05, 3.63) is 200 Å². The Morgan fingerprint density at radius 2 is 0.964 bits per heavy atom. The van der Waals surface area contributed by atoms with Gasteiger partial charge in [-0.05, 0) is 75.8 Å². The van der Waals surface area contributed by atoms with E-state index in [1.807, 2.05) is 0 Å². The third-order valence-electron chi connectivity index (χ3n) is 10.8. The Kier molecular flexibility index (Phi) is 7.68. The highest BCUT2D eigenvalue weighted by Crippen LogP contribution is 2.42. The van der Waals surface area contributed by atoms with Gasteiger partial charge in [-0.1, -0.05) is 158 Å². The van der Waals surface area contributed by atoms with Crippen LogP contribution in [0.5, 0.6) is 0 Å². The van der Waals surface area contributed by atoms with Crippen molar-refractivity contribution in [3.63, 3.8) is 0 Å². The fourth-order valence-electron chi connectivity index (χ4n) is 8.21. The summed E-state index contributed by atoms with van der Waals surface area (Å²) in [4.78, 5) is 10.5. The third-order valence-corrected chi connectivity index (χ3v) is 12.0. The Hall–Kier alpha value is -7.14. The van der Waals surface area contributed by atoms with Crippen LogP contribution in [0.2, 0.25) is 0 Å². The Bertz CT molecular complexity index is 3250. The van der Waals surface area contributed by atoms with Crippen LogP contribution in [0.4, 0.5) is 0 Å². The molecule has 0 saturated heterocycles. The quantitative estimate of drug-likeness (QED) is 0.170. The normalized spacial score (nSPS) is 11.6. The molecule has 0 aliphatic carbocycles. The molecule has 262 valence electrons. The predicted molar refractivity (Wildman–Crippen MR) is 236 cm³/mol. The Morgan fingerprint density at radius 3 is 1.77 bits per heavy atom. The first-order valence-corrected chi connectivity index (χ1v) is 19.7. The summed E-state index contributed by atoms with van der Waals surface area (Å²) >= 11 is 1.76. The molecule has 3 nitrogen and oxygen atoms in total. The second kappa shape index (κ2) is 13.3. The molecule has 11 rings (SSSR count). The van der Waals surface area contributed by atoms with Crippen LogP contribution in [0.1, 0.15) is 0 Å². The van der Waals surface area contributed by atoms with Crippen LogP contribution < -0.4 is 0 Å². The number of hydrogen-bond acceptors (Lipinski definition) is 3. The lowest BCUT2D eigenvalue weighted by atomic mass is 9.95. The van der Waals surface area contributed by atoms with Gasteiger partial charge in [0.25, 0.3) is 0 Å². The molecule has 0 amide bonds. The van der Waals surface area contributed by atoms with Gasteiger partial charge in [-0.3, -0.25) is 0 Å². The molecule has 0 aliphatic heterocycles. The molecular formula is C52H33N3S. The summed E-state index contributed by atoms with van der Waals surface area (Å²) in [6.45, 7) is 0. The molecule has 8 aromatic carbocycles. The Balaban J connectivity index is 1.03. The molecule has 56 heavy (non-hydrogen) atoms. The molecule has 0 radical (unpaired) electrons. The van der Waals surface area contributed by atoms with Crippen LogP contribution in [0.3, 0.4) is 0 Å². The lowest BCUT2D eigenvalue weighted by Crippen LogP contribution is -1.94. The topological polar surface area (TPSA) is 30.7 Å². The summed E-state index contributed by atoms with van der Waals surface area (Å²) in [5.41, 5.74) is 14.6. The van der Waals surface area contributed by atoms with Gasteiger partial charge in [-0.2, -0.15) is 0 Å². The maximum absolute atomic E-state index is 5.25. The fraction of sp³-hybridized carbons (Fsp3) is 0. The third kappa shape index (κ3) is 5.42. The molecule has 0 saturated carbocycles. The summed E-state index contributed by atoms with van der Waals surface area (Å²) in [7, 11) is 0. The number of rotatable bonds is 6. The molecule has 3 aromatic heterocycles. The van der Waals surface area contributed by atoms with Crippen LogP contribution in [0.15, 0.2) is 200 Å². The standard InChI is InChI=1S/C52H33N3S/c1-3-15-34(16-4-1)38-21-13-24-41(33-38)55-45-28-9-7-25-43(45)48-42(27-14-29-46(48)55)39-22-11-19-36(31-39)37-20-12-23-40(32-37)52-53-49(35-17-5-2-6-18-35)51-50(54-52)44-26-8-10-30-47(44)56-51/h1-33H. The number of nitrogens with zero attached hydrogens (tertiary/aromatic N) is 3. The molecule has 0 aliphatic rings. The van der Waals surface area contributed by atoms with Crippen LogP contribution in [0.25, 0.3) is 104 Å². The van der Waals surface area contributed by atoms with Crippen LogP contribution in [-0.4, -0.2) is 14.5 Å². The van der Waals surface area contributed by atoms with E-state index in [-0.39, 0.29) is 0 Å². The molecule has 4 heteroatoms. The van der Waals surface area contributed by atoms with E-state index in [0.717, 1.165) is 55.1 Å². The number of thiophene rings is 1. The van der Waals surface area contributed by atoms with Gasteiger partial charge in [-0.25, -0.2) is 9.97 Å². The lowest BCUT2D eigenvalue weighted by Gasteiger charge is -2.12. The van der Waals surface area contributed by atoms with Crippen LogP contribution in [0, 0.1) is 0 Å². The van der Waals surface area contributed by atoms with Crippen molar-refractivity contribution >= 4 is 53.4 Å². The SMILES string of the molecule is c1ccc(-c2cccc(-n3c4ccccc4c4c(-c5cccc(-c6cccc(-c7nc(-c8ccccc8)c8sc9ccccc9c8n7)c6)c5)cccc43)c2)cc1. The van der Waals surface area contributed by atoms with E-state index in [9.17, 15) is 0 Å². The number of fused-ring (bicyclic) bond motifs is 6. The van der Waals surface area contributed by atoms with Gasteiger partial charge in [-0.15, -0.1) is 11.3 Å². The van der Waals surface area contributed by atoms with Crippen LogP contribution in [-0.2, 0) is 0 Å². The maximum atomic E-state index is 5.25. The number of hydrogen-bond donors (Lipinski definition) is 0.